The van der Waals surface area contributed by atoms with Crippen molar-refractivity contribution in [1.29, 1.82) is 0 Å². The molecule has 2 bridgehead atoms. The van der Waals surface area contributed by atoms with Gasteiger partial charge in [0.05, 0.1) is 17.8 Å². The van der Waals surface area contributed by atoms with E-state index in [1.165, 1.54) is 0 Å². The van der Waals surface area contributed by atoms with E-state index in [9.17, 15) is 13.2 Å². The van der Waals surface area contributed by atoms with Gasteiger partial charge in [0, 0.05) is 11.5 Å². The molecule has 1 amide bonds. The number of hydrogen-bond donors (Lipinski definition) is 0. The number of likely N-dealkylation sites (tertiary alicyclic amines) is 1. The van der Waals surface area contributed by atoms with Crippen LogP contribution in [0.1, 0.15) is 57.2 Å². The zero-order valence-electron chi connectivity index (χ0n) is 20.7. The topological polar surface area (TPSA) is 57.7 Å². The van der Waals surface area contributed by atoms with Crippen LogP contribution in [-0.4, -0.2) is 47.4 Å². The average molecular weight is 491 g/mol. The van der Waals surface area contributed by atoms with Crippen molar-refractivity contribution in [1.82, 2.24) is 9.21 Å². The van der Waals surface area contributed by atoms with Crippen LogP contribution >= 0.6 is 0 Å². The molecule has 0 unspecified atom stereocenters. The molecule has 2 aromatic carbocycles. The number of β-lactam (4-membered cyclic amide) rings is 1. The molecule has 2 heterocycles. The molecule has 4 aliphatic rings. The number of carbonyl (C=O) groups is 1. The predicted molar refractivity (Wildman–Crippen MR) is 138 cm³/mol. The first-order valence-electron chi connectivity index (χ1n) is 12.8. The lowest BCUT2D eigenvalue weighted by Crippen LogP contribution is -2.71. The van der Waals surface area contributed by atoms with E-state index in [2.05, 4.69) is 13.8 Å². The van der Waals surface area contributed by atoms with Crippen LogP contribution in [0.25, 0.3) is 6.08 Å². The van der Waals surface area contributed by atoms with E-state index in [4.69, 9.17) is 0 Å². The fourth-order valence-electron chi connectivity index (χ4n) is 7.78. The van der Waals surface area contributed by atoms with Crippen LogP contribution in [0.2, 0.25) is 0 Å². The average Bonchev–Trinajstić information content (AvgIpc) is 3.32. The lowest BCUT2D eigenvalue weighted by molar-refractivity contribution is -0.158. The summed E-state index contributed by atoms with van der Waals surface area (Å²) in [5.41, 5.74) is 1.84. The number of nitrogens with zero attached hydrogens (tertiary/aromatic N) is 2. The molecule has 6 atom stereocenters. The first-order valence-corrected chi connectivity index (χ1v) is 14.4. The summed E-state index contributed by atoms with van der Waals surface area (Å²) in [4.78, 5) is 15.7. The number of fused-ring (bicyclic) bond motifs is 1. The van der Waals surface area contributed by atoms with Gasteiger partial charge in [0.2, 0.25) is 15.9 Å². The SMILES string of the molecule is C[C@H](c1ccccc1)N1C(=O)[C@H](N2[C@@H]3C[C@H]4CC[C@@]3(CS2(=O)=O)C4(C)C)[C@H]1/C=C/c1ccccc1. The number of carbonyl (C=O) groups excluding carboxylic acids is 1. The smallest absolute Gasteiger partial charge is 0.244 e. The van der Waals surface area contributed by atoms with E-state index in [1.807, 2.05) is 84.6 Å². The summed E-state index contributed by atoms with van der Waals surface area (Å²) in [5, 5.41) is 0. The molecule has 0 radical (unpaired) electrons. The highest BCUT2D eigenvalue weighted by Gasteiger charge is 2.74. The Kier molecular flexibility index (Phi) is 5.11. The Morgan fingerprint density at radius 1 is 1.03 bits per heavy atom. The van der Waals surface area contributed by atoms with Gasteiger partial charge in [-0.25, -0.2) is 8.42 Å². The first kappa shape index (κ1) is 23.0. The van der Waals surface area contributed by atoms with Gasteiger partial charge in [-0.05, 0) is 48.6 Å². The van der Waals surface area contributed by atoms with Crippen LogP contribution in [0.5, 0.6) is 0 Å². The van der Waals surface area contributed by atoms with E-state index in [0.29, 0.717) is 5.92 Å². The van der Waals surface area contributed by atoms with Crippen molar-refractivity contribution in [3.8, 4) is 0 Å². The Morgan fingerprint density at radius 2 is 1.69 bits per heavy atom. The Bertz CT molecular complexity index is 1270. The van der Waals surface area contributed by atoms with Crippen LogP contribution in [0.15, 0.2) is 66.7 Å². The second-order valence-corrected chi connectivity index (χ2v) is 13.4. The molecule has 35 heavy (non-hydrogen) atoms. The maximum atomic E-state index is 13.8. The highest BCUT2D eigenvalue weighted by Crippen LogP contribution is 2.70. The number of hydrogen-bond acceptors (Lipinski definition) is 3. The summed E-state index contributed by atoms with van der Waals surface area (Å²) in [6, 6.07) is 18.8. The monoisotopic (exact) mass is 490 g/mol. The maximum absolute atomic E-state index is 13.8. The lowest BCUT2D eigenvalue weighted by atomic mass is 9.68. The number of benzene rings is 2. The Balaban J connectivity index is 1.39. The largest absolute Gasteiger partial charge is 0.326 e. The normalized spacial score (nSPS) is 35.9. The van der Waals surface area contributed by atoms with Crippen molar-refractivity contribution in [2.45, 2.75) is 64.2 Å². The van der Waals surface area contributed by atoms with Crippen LogP contribution < -0.4 is 0 Å². The first-order chi connectivity index (χ1) is 16.7. The minimum atomic E-state index is -3.53. The van der Waals surface area contributed by atoms with Gasteiger partial charge in [0.15, 0.2) is 0 Å². The molecule has 1 spiro atoms. The highest BCUT2D eigenvalue weighted by atomic mass is 32.2. The molecule has 0 N–H and O–H groups in total. The molecule has 5 nitrogen and oxygen atoms in total. The fraction of sp³-hybridized carbons (Fsp3) is 0.483. The van der Waals surface area contributed by atoms with Crippen LogP contribution in [0.4, 0.5) is 0 Å². The van der Waals surface area contributed by atoms with E-state index < -0.39 is 16.1 Å². The Hall–Kier alpha value is -2.44. The van der Waals surface area contributed by atoms with E-state index in [0.717, 1.165) is 30.4 Å². The van der Waals surface area contributed by atoms with Gasteiger partial charge in [-0.3, -0.25) is 4.79 Å². The third-order valence-corrected chi connectivity index (χ3v) is 11.9. The molecule has 2 saturated heterocycles. The third-order valence-electron chi connectivity index (χ3n) is 9.87. The minimum Gasteiger partial charge on any atom is -0.326 e. The van der Waals surface area contributed by atoms with Crippen molar-refractivity contribution < 1.29 is 13.2 Å². The molecule has 0 aromatic heterocycles. The van der Waals surface area contributed by atoms with E-state index in [-0.39, 0.29) is 40.6 Å². The van der Waals surface area contributed by atoms with Crippen LogP contribution in [0.3, 0.4) is 0 Å². The molecular weight excluding hydrogens is 456 g/mol. The highest BCUT2D eigenvalue weighted by molar-refractivity contribution is 7.89. The van der Waals surface area contributed by atoms with Gasteiger partial charge in [0.1, 0.15) is 6.04 Å². The van der Waals surface area contributed by atoms with Gasteiger partial charge >= 0.3 is 0 Å². The molecule has 2 saturated carbocycles. The molecular formula is C29H34N2O3S. The number of rotatable bonds is 5. The van der Waals surface area contributed by atoms with Crippen molar-refractivity contribution in [2.75, 3.05) is 5.75 Å². The standard InChI is InChI=1S/C29H34N2O3S/c1-20(22-12-8-5-9-13-22)30-24(15-14-21-10-6-4-7-11-21)26(27(30)32)31-25-18-23-16-17-29(25,28(23,2)3)19-35(31,33)34/h4-15,20,23-26H,16-19H2,1-3H3/b15-14+/t20-,23-,24-,25-,26-,29+/m1/s1. The number of sulfonamides is 1. The number of amides is 1. The van der Waals surface area contributed by atoms with Crippen molar-refractivity contribution in [3.05, 3.63) is 77.9 Å². The molecule has 4 fully saturated rings. The Morgan fingerprint density at radius 3 is 2.34 bits per heavy atom. The van der Waals surface area contributed by atoms with E-state index >= 15 is 0 Å². The third kappa shape index (κ3) is 3.15. The summed E-state index contributed by atoms with van der Waals surface area (Å²) in [7, 11) is -3.53. The molecule has 2 aliphatic heterocycles. The summed E-state index contributed by atoms with van der Waals surface area (Å²) < 4.78 is 29.1. The van der Waals surface area contributed by atoms with Crippen molar-refractivity contribution >= 4 is 22.0 Å². The quantitative estimate of drug-likeness (QED) is 0.562. The fourth-order valence-corrected chi connectivity index (χ4v) is 10.5. The Labute approximate surface area is 208 Å². The van der Waals surface area contributed by atoms with Gasteiger partial charge in [-0.1, -0.05) is 86.7 Å². The zero-order valence-corrected chi connectivity index (χ0v) is 21.5. The van der Waals surface area contributed by atoms with Gasteiger partial charge in [-0.2, -0.15) is 4.31 Å². The van der Waals surface area contributed by atoms with Crippen molar-refractivity contribution in [3.63, 3.8) is 0 Å². The molecule has 6 heteroatoms. The summed E-state index contributed by atoms with van der Waals surface area (Å²) in [6.45, 7) is 6.54. The van der Waals surface area contributed by atoms with Crippen LogP contribution in [0, 0.1) is 16.7 Å². The maximum Gasteiger partial charge on any atom is 0.244 e. The minimum absolute atomic E-state index is 0.0152. The van der Waals surface area contributed by atoms with Crippen molar-refractivity contribution in [2.24, 2.45) is 16.7 Å². The van der Waals surface area contributed by atoms with Gasteiger partial charge < -0.3 is 4.90 Å². The molecule has 2 aliphatic carbocycles. The molecule has 6 rings (SSSR count). The summed E-state index contributed by atoms with van der Waals surface area (Å²) >= 11 is 0. The van der Waals surface area contributed by atoms with Crippen LogP contribution in [-0.2, 0) is 14.8 Å². The molecule has 184 valence electrons. The molecule has 2 aromatic rings. The summed E-state index contributed by atoms with van der Waals surface area (Å²) in [6.07, 6.45) is 6.98. The van der Waals surface area contributed by atoms with Gasteiger partial charge in [-0.15, -0.1) is 0 Å². The zero-order chi connectivity index (χ0) is 24.6. The summed E-state index contributed by atoms with van der Waals surface area (Å²) in [5.74, 6) is 0.630. The predicted octanol–water partition coefficient (Wildman–Crippen LogP) is 4.88. The lowest BCUT2D eigenvalue weighted by Gasteiger charge is -2.53. The van der Waals surface area contributed by atoms with E-state index in [1.54, 1.807) is 4.31 Å². The second-order valence-electron chi connectivity index (χ2n) is 11.5. The second kappa shape index (κ2) is 7.78. The van der Waals surface area contributed by atoms with Gasteiger partial charge in [0.25, 0.3) is 0 Å².